The lowest BCUT2D eigenvalue weighted by atomic mass is 10.1. The van der Waals surface area contributed by atoms with Crippen LogP contribution in [0.2, 0.25) is 0 Å². The number of rotatable bonds is 4. The highest BCUT2D eigenvalue weighted by Crippen LogP contribution is 2.32. The van der Waals surface area contributed by atoms with Crippen molar-refractivity contribution in [2.24, 2.45) is 0 Å². The van der Waals surface area contributed by atoms with E-state index in [4.69, 9.17) is 9.47 Å². The SMILES string of the molecule is OC(CNc1cccc(F)c1)c1ccc2c(c1)OCCO2. The zero-order valence-corrected chi connectivity index (χ0v) is 11.4. The average Bonchev–Trinajstić information content (AvgIpc) is 2.52. The summed E-state index contributed by atoms with van der Waals surface area (Å²) in [6.45, 7) is 1.33. The second-order valence-electron chi connectivity index (χ2n) is 4.81. The van der Waals surface area contributed by atoms with Crippen LogP contribution >= 0.6 is 0 Å². The van der Waals surface area contributed by atoms with Crippen molar-refractivity contribution in [3.63, 3.8) is 0 Å². The minimum atomic E-state index is -0.718. The summed E-state index contributed by atoms with van der Waals surface area (Å²) in [6, 6.07) is 11.5. The number of aliphatic hydroxyl groups excluding tert-OH is 1. The van der Waals surface area contributed by atoms with Gasteiger partial charge in [0.2, 0.25) is 0 Å². The zero-order valence-electron chi connectivity index (χ0n) is 11.4. The van der Waals surface area contributed by atoms with E-state index in [0.29, 0.717) is 30.4 Å². The Balaban J connectivity index is 1.66. The van der Waals surface area contributed by atoms with Gasteiger partial charge in [-0.15, -0.1) is 0 Å². The van der Waals surface area contributed by atoms with Crippen molar-refractivity contribution >= 4 is 5.69 Å². The summed E-state index contributed by atoms with van der Waals surface area (Å²) in [7, 11) is 0. The van der Waals surface area contributed by atoms with Gasteiger partial charge in [-0.25, -0.2) is 4.39 Å². The Morgan fingerprint density at radius 2 is 1.90 bits per heavy atom. The first-order valence-electron chi connectivity index (χ1n) is 6.79. The molecule has 0 aromatic heterocycles. The molecule has 21 heavy (non-hydrogen) atoms. The molecule has 4 nitrogen and oxygen atoms in total. The molecule has 0 aliphatic carbocycles. The Hall–Kier alpha value is -2.27. The Labute approximate surface area is 122 Å². The van der Waals surface area contributed by atoms with Gasteiger partial charge < -0.3 is 19.9 Å². The quantitative estimate of drug-likeness (QED) is 0.908. The highest BCUT2D eigenvalue weighted by atomic mass is 19.1. The highest BCUT2D eigenvalue weighted by Gasteiger charge is 2.15. The van der Waals surface area contributed by atoms with Crippen molar-refractivity contribution in [2.45, 2.75) is 6.10 Å². The lowest BCUT2D eigenvalue weighted by molar-refractivity contribution is 0.167. The first-order valence-corrected chi connectivity index (χ1v) is 6.79. The van der Waals surface area contributed by atoms with Crippen LogP contribution in [0.3, 0.4) is 0 Å². The van der Waals surface area contributed by atoms with Crippen LogP contribution in [0.5, 0.6) is 11.5 Å². The standard InChI is InChI=1S/C16H16FNO3/c17-12-2-1-3-13(9-12)18-10-14(19)11-4-5-15-16(8-11)21-7-6-20-15/h1-5,8-9,14,18-19H,6-7,10H2. The molecular formula is C16H16FNO3. The van der Waals surface area contributed by atoms with Gasteiger partial charge in [0.15, 0.2) is 11.5 Å². The summed E-state index contributed by atoms with van der Waals surface area (Å²) in [5.41, 5.74) is 1.36. The molecule has 2 N–H and O–H groups in total. The van der Waals surface area contributed by atoms with Crippen LogP contribution < -0.4 is 14.8 Å². The molecule has 3 rings (SSSR count). The topological polar surface area (TPSA) is 50.7 Å². The van der Waals surface area contributed by atoms with E-state index in [0.717, 1.165) is 5.56 Å². The molecule has 0 spiro atoms. The van der Waals surface area contributed by atoms with E-state index < -0.39 is 6.10 Å². The normalized spacial score (nSPS) is 14.6. The maximum absolute atomic E-state index is 13.1. The van der Waals surface area contributed by atoms with Gasteiger partial charge in [0, 0.05) is 12.2 Å². The first kappa shape index (κ1) is 13.7. The molecule has 1 unspecified atom stereocenters. The molecule has 0 radical (unpaired) electrons. The Morgan fingerprint density at radius 1 is 1.10 bits per heavy atom. The van der Waals surface area contributed by atoms with E-state index in [1.54, 1.807) is 30.3 Å². The van der Waals surface area contributed by atoms with Gasteiger partial charge in [-0.3, -0.25) is 0 Å². The molecular weight excluding hydrogens is 273 g/mol. The van der Waals surface area contributed by atoms with Crippen molar-refractivity contribution < 1.29 is 19.0 Å². The van der Waals surface area contributed by atoms with Crippen LogP contribution in [0.4, 0.5) is 10.1 Å². The fraction of sp³-hybridized carbons (Fsp3) is 0.250. The molecule has 0 saturated heterocycles. The fourth-order valence-corrected chi connectivity index (χ4v) is 2.20. The number of benzene rings is 2. The second-order valence-corrected chi connectivity index (χ2v) is 4.81. The van der Waals surface area contributed by atoms with Crippen LogP contribution in [0.15, 0.2) is 42.5 Å². The van der Waals surface area contributed by atoms with Gasteiger partial charge in [0.25, 0.3) is 0 Å². The minimum Gasteiger partial charge on any atom is -0.486 e. The van der Waals surface area contributed by atoms with E-state index >= 15 is 0 Å². The van der Waals surface area contributed by atoms with E-state index in [1.165, 1.54) is 12.1 Å². The van der Waals surface area contributed by atoms with Gasteiger partial charge in [0.05, 0.1) is 6.10 Å². The van der Waals surface area contributed by atoms with Crippen LogP contribution in [0, 0.1) is 5.82 Å². The largest absolute Gasteiger partial charge is 0.486 e. The molecule has 110 valence electrons. The third-order valence-electron chi connectivity index (χ3n) is 3.28. The van der Waals surface area contributed by atoms with Crippen molar-refractivity contribution in [3.8, 4) is 11.5 Å². The van der Waals surface area contributed by atoms with Gasteiger partial charge in [-0.05, 0) is 35.9 Å². The van der Waals surface area contributed by atoms with Crippen molar-refractivity contribution in [3.05, 3.63) is 53.8 Å². The van der Waals surface area contributed by atoms with Gasteiger partial charge in [-0.1, -0.05) is 12.1 Å². The maximum Gasteiger partial charge on any atom is 0.161 e. The molecule has 5 heteroatoms. The predicted molar refractivity (Wildman–Crippen MR) is 77.3 cm³/mol. The first-order chi connectivity index (χ1) is 10.2. The summed E-state index contributed by atoms with van der Waals surface area (Å²) in [5, 5.41) is 13.2. The number of hydrogen-bond donors (Lipinski definition) is 2. The Kier molecular flexibility index (Phi) is 3.92. The van der Waals surface area contributed by atoms with E-state index in [1.807, 2.05) is 0 Å². The highest BCUT2D eigenvalue weighted by molar-refractivity contribution is 5.46. The molecule has 0 bridgehead atoms. The van der Waals surface area contributed by atoms with Gasteiger partial charge in [0.1, 0.15) is 19.0 Å². The van der Waals surface area contributed by atoms with Crippen LogP contribution in [-0.4, -0.2) is 24.9 Å². The van der Waals surface area contributed by atoms with Gasteiger partial charge in [-0.2, -0.15) is 0 Å². The van der Waals surface area contributed by atoms with E-state index in [9.17, 15) is 9.50 Å². The van der Waals surface area contributed by atoms with E-state index in [2.05, 4.69) is 5.32 Å². The number of aliphatic hydroxyl groups is 1. The molecule has 1 aliphatic heterocycles. The molecule has 1 atom stereocenters. The van der Waals surface area contributed by atoms with E-state index in [-0.39, 0.29) is 12.4 Å². The van der Waals surface area contributed by atoms with Crippen molar-refractivity contribution in [2.75, 3.05) is 25.1 Å². The minimum absolute atomic E-state index is 0.281. The zero-order chi connectivity index (χ0) is 14.7. The maximum atomic E-state index is 13.1. The number of ether oxygens (including phenoxy) is 2. The monoisotopic (exact) mass is 289 g/mol. The Bertz CT molecular complexity index is 633. The molecule has 1 aliphatic rings. The molecule has 1 heterocycles. The summed E-state index contributed by atoms with van der Waals surface area (Å²) < 4.78 is 24.0. The summed E-state index contributed by atoms with van der Waals surface area (Å²) in [4.78, 5) is 0. The number of anilines is 1. The number of fused-ring (bicyclic) bond motifs is 1. The molecule has 0 amide bonds. The third kappa shape index (κ3) is 3.25. The summed E-state index contributed by atoms with van der Waals surface area (Å²) in [5.74, 6) is 1.02. The average molecular weight is 289 g/mol. The Morgan fingerprint density at radius 3 is 2.71 bits per heavy atom. The van der Waals surface area contributed by atoms with Crippen LogP contribution in [0.1, 0.15) is 11.7 Å². The third-order valence-corrected chi connectivity index (χ3v) is 3.28. The smallest absolute Gasteiger partial charge is 0.161 e. The summed E-state index contributed by atoms with van der Waals surface area (Å²) in [6.07, 6.45) is -0.718. The number of hydrogen-bond acceptors (Lipinski definition) is 4. The van der Waals surface area contributed by atoms with Crippen molar-refractivity contribution in [1.29, 1.82) is 0 Å². The van der Waals surface area contributed by atoms with Crippen molar-refractivity contribution in [1.82, 2.24) is 0 Å². The van der Waals surface area contributed by atoms with Crippen LogP contribution in [0.25, 0.3) is 0 Å². The summed E-state index contributed by atoms with van der Waals surface area (Å²) >= 11 is 0. The number of halogens is 1. The molecule has 2 aromatic rings. The lowest BCUT2D eigenvalue weighted by Crippen LogP contribution is -2.16. The number of nitrogens with one attached hydrogen (secondary N) is 1. The fourth-order valence-electron chi connectivity index (χ4n) is 2.20. The van der Waals surface area contributed by atoms with Crippen LogP contribution in [-0.2, 0) is 0 Å². The van der Waals surface area contributed by atoms with Gasteiger partial charge >= 0.3 is 0 Å². The second kappa shape index (κ2) is 6.01. The predicted octanol–water partition coefficient (Wildman–Crippen LogP) is 2.74. The molecule has 0 fully saturated rings. The molecule has 0 saturated carbocycles. The molecule has 2 aromatic carbocycles. The lowest BCUT2D eigenvalue weighted by Gasteiger charge is -2.20.